The molecule has 3 aromatic heterocycles. The van der Waals surface area contributed by atoms with E-state index < -0.39 is 23.3 Å². The van der Waals surface area contributed by atoms with Crippen molar-refractivity contribution in [3.05, 3.63) is 83.1 Å². The van der Waals surface area contributed by atoms with E-state index in [1.165, 1.54) is 44.5 Å². The van der Waals surface area contributed by atoms with Gasteiger partial charge < -0.3 is 14.5 Å². The topological polar surface area (TPSA) is 97.2 Å². The number of nitrogens with zero attached hydrogens (tertiary/aromatic N) is 7. The van der Waals surface area contributed by atoms with Gasteiger partial charge in [-0.3, -0.25) is 9.78 Å². The van der Waals surface area contributed by atoms with Crippen LogP contribution in [0.5, 0.6) is 6.01 Å². The van der Waals surface area contributed by atoms with Crippen molar-refractivity contribution in [3.8, 4) is 17.3 Å². The number of ether oxygens (including phenoxy) is 1. The number of fused-ring (bicyclic) bond motifs is 2. The van der Waals surface area contributed by atoms with Gasteiger partial charge in [0.25, 0.3) is 0 Å². The summed E-state index contributed by atoms with van der Waals surface area (Å²) in [7, 11) is 3.10. The smallest absolute Gasteiger partial charge is 0.318 e. The minimum Gasteiger partial charge on any atom is -0.467 e. The molecule has 4 heterocycles. The quantitative estimate of drug-likeness (QED) is 0.180. The highest BCUT2D eigenvalue weighted by atomic mass is 19.2. The normalized spacial score (nSPS) is 15.0. The molecular weight excluding hydrogens is 590 g/mol. The summed E-state index contributed by atoms with van der Waals surface area (Å²) in [5.74, 6) is -3.21. The number of rotatable bonds is 6. The van der Waals surface area contributed by atoms with E-state index in [9.17, 15) is 18.0 Å². The average molecular weight is 618 g/mol. The van der Waals surface area contributed by atoms with Crippen molar-refractivity contribution in [1.82, 2.24) is 29.8 Å². The maximum absolute atomic E-state index is 16.2. The molecule has 1 saturated heterocycles. The Kier molecular flexibility index (Phi) is 7.77. The Morgan fingerprint density at radius 1 is 1.02 bits per heavy atom. The predicted molar refractivity (Wildman–Crippen MR) is 161 cm³/mol. The van der Waals surface area contributed by atoms with Crippen LogP contribution in [0.15, 0.2) is 42.6 Å². The summed E-state index contributed by atoms with van der Waals surface area (Å²) in [6, 6.07) is 6.77. The molecule has 1 aliphatic heterocycles. The molecule has 230 valence electrons. The van der Waals surface area contributed by atoms with Crippen LogP contribution in [0.2, 0.25) is 0 Å². The number of aryl methyl sites for hydroxylation is 2. The van der Waals surface area contributed by atoms with Gasteiger partial charge in [0.15, 0.2) is 23.3 Å². The molecule has 2 aromatic carbocycles. The molecule has 0 bridgehead atoms. The first-order valence-electron chi connectivity index (χ1n) is 14.0. The lowest BCUT2D eigenvalue weighted by Gasteiger charge is -2.27. The van der Waals surface area contributed by atoms with E-state index >= 15 is 4.39 Å². The zero-order valence-electron chi connectivity index (χ0n) is 24.8. The number of anilines is 1. The lowest BCUT2D eigenvalue weighted by Crippen LogP contribution is -2.36. The first-order chi connectivity index (χ1) is 21.6. The molecule has 1 unspecified atom stereocenters. The molecule has 6 rings (SSSR count). The van der Waals surface area contributed by atoms with Gasteiger partial charge in [0.05, 0.1) is 18.2 Å². The van der Waals surface area contributed by atoms with Crippen LogP contribution in [0, 0.1) is 37.1 Å². The number of halogens is 4. The average Bonchev–Trinajstić information content (AvgIpc) is 3.53. The summed E-state index contributed by atoms with van der Waals surface area (Å²) in [4.78, 5) is 37.4. The summed E-state index contributed by atoms with van der Waals surface area (Å²) < 4.78 is 64.9. The third-order valence-electron chi connectivity index (χ3n) is 7.91. The van der Waals surface area contributed by atoms with Gasteiger partial charge in [0, 0.05) is 49.4 Å². The van der Waals surface area contributed by atoms with Crippen LogP contribution < -0.4 is 9.64 Å². The predicted octanol–water partition coefficient (Wildman–Crippen LogP) is 5.57. The van der Waals surface area contributed by atoms with E-state index in [1.807, 2.05) is 0 Å². The van der Waals surface area contributed by atoms with Crippen LogP contribution in [-0.4, -0.2) is 69.0 Å². The molecular formula is C32H27F4N7O2. The van der Waals surface area contributed by atoms with Crippen molar-refractivity contribution >= 4 is 39.5 Å². The molecule has 9 nitrogen and oxygen atoms in total. The lowest BCUT2D eigenvalue weighted by molar-refractivity contribution is -0.124. The van der Waals surface area contributed by atoms with Crippen molar-refractivity contribution in [2.45, 2.75) is 26.3 Å². The molecule has 1 aliphatic rings. The number of likely N-dealkylation sites (tertiary alicyclic amines) is 1. The van der Waals surface area contributed by atoms with Crippen LogP contribution >= 0.6 is 0 Å². The number of methoxy groups -OCH3 is 1. The molecule has 5 aromatic rings. The first-order valence-corrected chi connectivity index (χ1v) is 14.0. The largest absolute Gasteiger partial charge is 0.467 e. The second-order valence-electron chi connectivity index (χ2n) is 10.7. The Balaban J connectivity index is 1.31. The molecule has 0 N–H and O–H groups in total. The van der Waals surface area contributed by atoms with E-state index in [0.29, 0.717) is 36.5 Å². The SMILES string of the molecule is COc1nc(N(C)C2CCN(C(=O)/C=C/c3nc(C)nc(C)c3F)C2)c2cnc(-c3cccc4ccc(F)c(F)c34)c(F)c2n1. The van der Waals surface area contributed by atoms with Crippen LogP contribution in [0.1, 0.15) is 23.6 Å². The van der Waals surface area contributed by atoms with Crippen molar-refractivity contribution < 1.29 is 27.1 Å². The fourth-order valence-electron chi connectivity index (χ4n) is 5.60. The molecule has 13 heteroatoms. The molecule has 0 saturated carbocycles. The van der Waals surface area contributed by atoms with Crippen molar-refractivity contribution in [1.29, 1.82) is 0 Å². The minimum absolute atomic E-state index is 0.0334. The minimum atomic E-state index is -1.10. The number of pyridine rings is 1. The van der Waals surface area contributed by atoms with Gasteiger partial charge in [-0.2, -0.15) is 9.97 Å². The zero-order valence-corrected chi connectivity index (χ0v) is 24.8. The van der Waals surface area contributed by atoms with Crippen LogP contribution in [0.3, 0.4) is 0 Å². The zero-order chi connectivity index (χ0) is 32.0. The fraction of sp³-hybridized carbons (Fsp3) is 0.250. The Labute approximate surface area is 255 Å². The standard InChI is InChI=1S/C32H27F4N7O2/c1-16-26(34)23(39-17(2)38-16)10-11-24(44)43-13-12-19(15-43)42(3)31-21-14-37-29(28(36)30(21)40-32(41-31)45-4)20-7-5-6-18-8-9-22(33)27(35)25(18)20/h5-11,14,19H,12-13,15H2,1-4H3/b11-10+. The summed E-state index contributed by atoms with van der Waals surface area (Å²) in [5.41, 5.74) is -0.0236. The van der Waals surface area contributed by atoms with E-state index in [0.717, 1.165) is 6.07 Å². The second-order valence-corrected chi connectivity index (χ2v) is 10.7. The van der Waals surface area contributed by atoms with Gasteiger partial charge in [-0.25, -0.2) is 27.5 Å². The fourth-order valence-corrected chi connectivity index (χ4v) is 5.60. The van der Waals surface area contributed by atoms with E-state index in [2.05, 4.69) is 24.9 Å². The Bertz CT molecular complexity index is 2020. The second kappa shape index (κ2) is 11.7. The third kappa shape index (κ3) is 5.38. The van der Waals surface area contributed by atoms with E-state index in [4.69, 9.17) is 4.74 Å². The molecule has 0 radical (unpaired) electrons. The maximum atomic E-state index is 16.2. The number of benzene rings is 2. The van der Waals surface area contributed by atoms with E-state index in [-0.39, 0.29) is 56.9 Å². The van der Waals surface area contributed by atoms with E-state index in [1.54, 1.807) is 35.9 Å². The summed E-state index contributed by atoms with van der Waals surface area (Å²) in [6.07, 6.45) is 4.56. The molecule has 1 fully saturated rings. The number of carbonyl (C=O) groups excluding carboxylic acids is 1. The van der Waals surface area contributed by atoms with Crippen molar-refractivity contribution in [3.63, 3.8) is 0 Å². The maximum Gasteiger partial charge on any atom is 0.318 e. The van der Waals surface area contributed by atoms with Gasteiger partial charge in [-0.1, -0.05) is 24.3 Å². The van der Waals surface area contributed by atoms with Gasteiger partial charge in [-0.15, -0.1) is 0 Å². The molecule has 0 spiro atoms. The molecule has 45 heavy (non-hydrogen) atoms. The number of likely N-dealkylation sites (N-methyl/N-ethyl adjacent to an activating group) is 1. The van der Waals surface area contributed by atoms with Gasteiger partial charge >= 0.3 is 6.01 Å². The Morgan fingerprint density at radius 3 is 2.60 bits per heavy atom. The van der Waals surface area contributed by atoms with Crippen LogP contribution in [0.4, 0.5) is 23.4 Å². The van der Waals surface area contributed by atoms with Gasteiger partial charge in [0.2, 0.25) is 5.91 Å². The first kappa shape index (κ1) is 29.9. The highest BCUT2D eigenvalue weighted by molar-refractivity contribution is 5.99. The molecule has 0 aliphatic carbocycles. The summed E-state index contributed by atoms with van der Waals surface area (Å²) in [6.45, 7) is 3.91. The van der Waals surface area contributed by atoms with Crippen molar-refractivity contribution in [2.75, 3.05) is 32.1 Å². The Hall–Kier alpha value is -5.20. The highest BCUT2D eigenvalue weighted by Gasteiger charge is 2.31. The number of carbonyl (C=O) groups is 1. The number of hydrogen-bond acceptors (Lipinski definition) is 8. The number of aromatic nitrogens is 5. The highest BCUT2D eigenvalue weighted by Crippen LogP contribution is 2.36. The lowest BCUT2D eigenvalue weighted by atomic mass is 10.00. The number of amides is 1. The molecule has 1 atom stereocenters. The third-order valence-corrected chi connectivity index (χ3v) is 7.91. The monoisotopic (exact) mass is 617 g/mol. The molecule has 1 amide bonds. The number of hydrogen-bond donors (Lipinski definition) is 0. The van der Waals surface area contributed by atoms with Crippen LogP contribution in [0.25, 0.3) is 39.0 Å². The van der Waals surface area contributed by atoms with Gasteiger partial charge in [0.1, 0.15) is 28.5 Å². The van der Waals surface area contributed by atoms with Crippen LogP contribution in [-0.2, 0) is 4.79 Å². The van der Waals surface area contributed by atoms with Gasteiger partial charge in [-0.05, 0) is 37.8 Å². The summed E-state index contributed by atoms with van der Waals surface area (Å²) in [5, 5.41) is 0.552. The Morgan fingerprint density at radius 2 is 1.82 bits per heavy atom. The summed E-state index contributed by atoms with van der Waals surface area (Å²) >= 11 is 0. The van der Waals surface area contributed by atoms with Crippen molar-refractivity contribution in [2.24, 2.45) is 0 Å².